The molecule has 0 atom stereocenters. The minimum Gasteiger partial charge on any atom is -0.313 e. The molecule has 1 aromatic carbocycles. The number of hydrogen-bond donors (Lipinski definition) is 1. The maximum absolute atomic E-state index is 13.2. The molecule has 0 aromatic heterocycles. The number of benzene rings is 1. The normalized spacial score (nSPS) is 12.7. The molecule has 20 heavy (non-hydrogen) atoms. The van der Waals surface area contributed by atoms with Crippen LogP contribution in [-0.4, -0.2) is 25.4 Å². The quantitative estimate of drug-likeness (QED) is 0.615. The third-order valence-electron chi connectivity index (χ3n) is 2.38. The maximum atomic E-state index is 13.2. The molecule has 1 N–H and O–H groups in total. The second kappa shape index (κ2) is 6.94. The van der Waals surface area contributed by atoms with Gasteiger partial charge in [0.1, 0.15) is 5.82 Å². The molecule has 1 aromatic rings. The average Bonchev–Trinajstić information content (AvgIpc) is 2.34. The van der Waals surface area contributed by atoms with Crippen molar-refractivity contribution in [1.82, 2.24) is 5.32 Å². The van der Waals surface area contributed by atoms with Gasteiger partial charge in [-0.15, -0.1) is 0 Å². The molecular weight excluding hydrogens is 288 g/mol. The van der Waals surface area contributed by atoms with Crippen LogP contribution in [-0.2, 0) is 11.3 Å². The van der Waals surface area contributed by atoms with Gasteiger partial charge < -0.3 is 10.1 Å². The molecule has 0 aliphatic heterocycles. The summed E-state index contributed by atoms with van der Waals surface area (Å²) in [5.41, 5.74) is 0.383. The van der Waals surface area contributed by atoms with Crippen molar-refractivity contribution >= 4 is 0 Å². The molecule has 0 aliphatic rings. The maximum Gasteiger partial charge on any atom is 0.482 e. The molecule has 2 nitrogen and oxygen atoms in total. The molecule has 8 heteroatoms. The fraction of sp³-hybridized carbons (Fsp3) is 0.500. The highest BCUT2D eigenvalue weighted by molar-refractivity contribution is 5.16. The Hall–Kier alpha value is -1.28. The summed E-state index contributed by atoms with van der Waals surface area (Å²) in [4.78, 5) is 0. The van der Waals surface area contributed by atoms with Crippen LogP contribution in [0.5, 0.6) is 0 Å². The Bertz CT molecular complexity index is 421. The summed E-state index contributed by atoms with van der Waals surface area (Å²) in [5.74, 6) is -0.417. The lowest BCUT2D eigenvalue weighted by molar-refractivity contribution is -0.391. The van der Waals surface area contributed by atoms with Crippen LogP contribution in [0.15, 0.2) is 24.3 Å². The van der Waals surface area contributed by atoms with Crippen molar-refractivity contribution in [3.63, 3.8) is 0 Å². The van der Waals surface area contributed by atoms with Gasteiger partial charge in [0.15, 0.2) is 0 Å². The number of halogens is 6. The molecule has 0 saturated heterocycles. The topological polar surface area (TPSA) is 21.3 Å². The Labute approximate surface area is 111 Å². The Morgan fingerprint density at radius 1 is 1.05 bits per heavy atom. The SMILES string of the molecule is Fc1ccccc1CNCCCOC(F)(F)C(F)(F)F. The van der Waals surface area contributed by atoms with Crippen LogP contribution in [0.1, 0.15) is 12.0 Å². The van der Waals surface area contributed by atoms with Gasteiger partial charge in [-0.25, -0.2) is 4.39 Å². The van der Waals surface area contributed by atoms with Crippen molar-refractivity contribution in [2.75, 3.05) is 13.2 Å². The van der Waals surface area contributed by atoms with Crippen LogP contribution in [0.4, 0.5) is 26.3 Å². The number of alkyl halides is 5. The van der Waals surface area contributed by atoms with Crippen molar-refractivity contribution in [2.45, 2.75) is 25.3 Å². The lowest BCUT2D eigenvalue weighted by Crippen LogP contribution is -2.39. The molecule has 114 valence electrons. The first kappa shape index (κ1) is 16.8. The van der Waals surface area contributed by atoms with E-state index in [4.69, 9.17) is 0 Å². The van der Waals surface area contributed by atoms with Gasteiger partial charge in [0.2, 0.25) is 0 Å². The molecule has 0 amide bonds. The van der Waals surface area contributed by atoms with Crippen LogP contribution >= 0.6 is 0 Å². The average molecular weight is 301 g/mol. The summed E-state index contributed by atoms with van der Waals surface area (Å²) in [7, 11) is 0. The van der Waals surface area contributed by atoms with Gasteiger partial charge >= 0.3 is 12.3 Å². The molecule has 0 fully saturated rings. The van der Waals surface area contributed by atoms with E-state index in [0.29, 0.717) is 5.56 Å². The second-order valence-corrected chi connectivity index (χ2v) is 3.98. The van der Waals surface area contributed by atoms with Crippen molar-refractivity contribution in [1.29, 1.82) is 0 Å². The third-order valence-corrected chi connectivity index (χ3v) is 2.38. The standard InChI is InChI=1S/C12H13F6NO/c13-10-5-2-1-4-9(10)8-19-6-3-7-20-12(17,18)11(14,15)16/h1-2,4-5,19H,3,6-8H2. The molecule has 0 heterocycles. The highest BCUT2D eigenvalue weighted by atomic mass is 19.4. The van der Waals surface area contributed by atoms with Gasteiger partial charge in [0.25, 0.3) is 0 Å². The first-order valence-corrected chi connectivity index (χ1v) is 5.76. The highest BCUT2D eigenvalue weighted by Gasteiger charge is 2.59. The summed E-state index contributed by atoms with van der Waals surface area (Å²) >= 11 is 0. The second-order valence-electron chi connectivity index (χ2n) is 3.98. The fourth-order valence-electron chi connectivity index (χ4n) is 1.34. The van der Waals surface area contributed by atoms with E-state index in [-0.39, 0.29) is 19.5 Å². The van der Waals surface area contributed by atoms with E-state index in [1.54, 1.807) is 6.07 Å². The van der Waals surface area contributed by atoms with Crippen LogP contribution in [0.2, 0.25) is 0 Å². The summed E-state index contributed by atoms with van der Waals surface area (Å²) in [6, 6.07) is 5.96. The van der Waals surface area contributed by atoms with Gasteiger partial charge in [-0.05, 0) is 19.0 Å². The third kappa shape index (κ3) is 5.01. The van der Waals surface area contributed by atoms with Gasteiger partial charge in [0, 0.05) is 12.1 Å². The summed E-state index contributed by atoms with van der Waals surface area (Å²) in [6.07, 6.45) is -10.9. The van der Waals surface area contributed by atoms with Gasteiger partial charge in [-0.2, -0.15) is 22.0 Å². The molecule has 0 spiro atoms. The Balaban J connectivity index is 2.19. The zero-order valence-corrected chi connectivity index (χ0v) is 10.3. The van der Waals surface area contributed by atoms with Crippen molar-refractivity contribution in [2.24, 2.45) is 0 Å². The summed E-state index contributed by atoms with van der Waals surface area (Å²) in [6.45, 7) is -0.471. The van der Waals surface area contributed by atoms with Crippen LogP contribution in [0.3, 0.4) is 0 Å². The monoisotopic (exact) mass is 301 g/mol. The molecule has 1 rings (SSSR count). The lowest BCUT2D eigenvalue weighted by Gasteiger charge is -2.19. The number of rotatable bonds is 7. The summed E-state index contributed by atoms with van der Waals surface area (Å²) in [5, 5.41) is 2.72. The van der Waals surface area contributed by atoms with E-state index in [0.717, 1.165) is 0 Å². The van der Waals surface area contributed by atoms with Gasteiger partial charge in [0.05, 0.1) is 6.61 Å². The van der Waals surface area contributed by atoms with Gasteiger partial charge in [-0.3, -0.25) is 0 Å². The predicted molar refractivity (Wildman–Crippen MR) is 59.7 cm³/mol. The van der Waals surface area contributed by atoms with Crippen molar-refractivity contribution in [3.8, 4) is 0 Å². The van der Waals surface area contributed by atoms with E-state index in [1.165, 1.54) is 18.2 Å². The highest BCUT2D eigenvalue weighted by Crippen LogP contribution is 2.36. The first-order valence-electron chi connectivity index (χ1n) is 5.76. The smallest absolute Gasteiger partial charge is 0.313 e. The van der Waals surface area contributed by atoms with Crippen LogP contribution in [0, 0.1) is 5.82 Å². The molecule has 0 aliphatic carbocycles. The number of hydrogen-bond acceptors (Lipinski definition) is 2. The molecular formula is C12H13F6NO. The number of ether oxygens (including phenoxy) is 1. The summed E-state index contributed by atoms with van der Waals surface area (Å²) < 4.78 is 76.6. The first-order chi connectivity index (χ1) is 9.24. The van der Waals surface area contributed by atoms with E-state index in [2.05, 4.69) is 10.1 Å². The van der Waals surface area contributed by atoms with Crippen LogP contribution in [0.25, 0.3) is 0 Å². The molecule has 0 radical (unpaired) electrons. The van der Waals surface area contributed by atoms with Crippen molar-refractivity contribution in [3.05, 3.63) is 35.6 Å². The van der Waals surface area contributed by atoms with Crippen molar-refractivity contribution < 1.29 is 31.1 Å². The van der Waals surface area contributed by atoms with E-state index < -0.39 is 24.7 Å². The Kier molecular flexibility index (Phi) is 5.82. The van der Waals surface area contributed by atoms with Gasteiger partial charge in [-0.1, -0.05) is 18.2 Å². The van der Waals surface area contributed by atoms with E-state index >= 15 is 0 Å². The molecule has 0 bridgehead atoms. The minimum absolute atomic E-state index is 0.0554. The lowest BCUT2D eigenvalue weighted by atomic mass is 10.2. The Morgan fingerprint density at radius 3 is 2.30 bits per heavy atom. The number of nitrogens with one attached hydrogen (secondary N) is 1. The predicted octanol–water partition coefficient (Wildman–Crippen LogP) is 3.48. The zero-order valence-electron chi connectivity index (χ0n) is 10.3. The molecule has 0 unspecified atom stereocenters. The van der Waals surface area contributed by atoms with E-state index in [1.807, 2.05) is 0 Å². The molecule has 0 saturated carbocycles. The largest absolute Gasteiger partial charge is 0.482 e. The van der Waals surface area contributed by atoms with E-state index in [9.17, 15) is 26.3 Å². The zero-order chi connectivity index (χ0) is 15.2. The Morgan fingerprint density at radius 2 is 1.70 bits per heavy atom. The van der Waals surface area contributed by atoms with Crippen LogP contribution < -0.4 is 5.32 Å². The minimum atomic E-state index is -5.71. The fourth-order valence-corrected chi connectivity index (χ4v) is 1.34.